The maximum atomic E-state index is 2.48. The molecule has 13 aromatic carbocycles. The molecule has 14 aromatic rings. The van der Waals surface area contributed by atoms with Crippen molar-refractivity contribution < 1.29 is 0 Å². The van der Waals surface area contributed by atoms with Crippen molar-refractivity contribution in [3.63, 3.8) is 0 Å². The summed E-state index contributed by atoms with van der Waals surface area (Å²) in [6, 6.07) is 99.0. The number of hydrogen-bond acceptors (Lipinski definition) is 1. The van der Waals surface area contributed by atoms with Crippen LogP contribution in [0.5, 0.6) is 0 Å². The molecule has 0 N–H and O–H groups in total. The molecule has 75 heavy (non-hydrogen) atoms. The molecule has 1 heterocycles. The normalized spacial score (nSPS) is 12.8. The molecule has 0 saturated heterocycles. The molecule has 0 fully saturated rings. The van der Waals surface area contributed by atoms with Crippen LogP contribution in [0, 0.1) is 0 Å². The molecule has 0 radical (unpaired) electrons. The maximum Gasteiger partial charge on any atom is 0.0541 e. The zero-order valence-electron chi connectivity index (χ0n) is 41.8. The molecular weight excluding hydrogens is 905 g/mol. The predicted molar refractivity (Wildman–Crippen MR) is 319 cm³/mol. The van der Waals surface area contributed by atoms with E-state index in [-0.39, 0.29) is 5.41 Å². The predicted octanol–water partition coefficient (Wildman–Crippen LogP) is 20.2. The lowest BCUT2D eigenvalue weighted by Crippen LogP contribution is -2.14. The Kier molecular flexibility index (Phi) is 9.65. The third-order valence-electron chi connectivity index (χ3n) is 16.4. The molecule has 0 spiro atoms. The molecule has 15 rings (SSSR count). The van der Waals surface area contributed by atoms with E-state index in [9.17, 15) is 0 Å². The number of para-hydroxylation sites is 1. The smallest absolute Gasteiger partial charge is 0.0541 e. The van der Waals surface area contributed by atoms with Gasteiger partial charge in [0.1, 0.15) is 0 Å². The highest BCUT2D eigenvalue weighted by atomic mass is 15.1. The van der Waals surface area contributed by atoms with Crippen LogP contribution in [-0.4, -0.2) is 4.57 Å². The highest BCUT2D eigenvalue weighted by molar-refractivity contribution is 6.25. The summed E-state index contributed by atoms with van der Waals surface area (Å²) in [6.45, 7) is 4.71. The maximum absolute atomic E-state index is 2.48. The minimum Gasteiger partial charge on any atom is -0.310 e. The van der Waals surface area contributed by atoms with E-state index in [1.54, 1.807) is 0 Å². The van der Waals surface area contributed by atoms with Crippen molar-refractivity contribution in [3.05, 3.63) is 278 Å². The Bertz CT molecular complexity index is 4560. The number of aromatic nitrogens is 1. The van der Waals surface area contributed by atoms with Gasteiger partial charge in [-0.2, -0.15) is 0 Å². The van der Waals surface area contributed by atoms with Crippen molar-refractivity contribution in [2.24, 2.45) is 0 Å². The zero-order valence-corrected chi connectivity index (χ0v) is 41.8. The molecule has 0 saturated carbocycles. The molecule has 0 unspecified atom stereocenters. The summed E-state index contributed by atoms with van der Waals surface area (Å²) in [5.74, 6) is 0. The minimum atomic E-state index is -0.0452. The van der Waals surface area contributed by atoms with E-state index >= 15 is 0 Å². The van der Waals surface area contributed by atoms with Gasteiger partial charge in [-0.05, 0) is 166 Å². The fraction of sp³-hybridized carbons (Fsp3) is 0.0411. The molecular formula is C73H50N2. The monoisotopic (exact) mass is 954 g/mol. The standard InChI is InChI=1S/C73H50N2/c1-73(2)68-25-13-12-24-63(68)64-39-33-53(45-69(64)73)48-29-27-47(28-30-48)51-34-41-71-66(43-51)67-44-52(49-31-36-55(37-32-49)74(54-17-4-3-5-18-54)70-26-14-16-50-15-6-7-19-57(50)70)35-42-72(67)75(71)56-38-40-62-60-22-9-8-20-58(60)59-21-10-11-23-61(59)65(62)46-56/h3-46H,1-2H3. The topological polar surface area (TPSA) is 8.17 Å². The van der Waals surface area contributed by atoms with Gasteiger partial charge in [0.2, 0.25) is 0 Å². The first-order chi connectivity index (χ1) is 36.9. The fourth-order valence-corrected chi connectivity index (χ4v) is 12.6. The molecule has 0 aliphatic heterocycles. The van der Waals surface area contributed by atoms with Gasteiger partial charge in [0, 0.05) is 38.6 Å². The van der Waals surface area contributed by atoms with Crippen molar-refractivity contribution in [2.75, 3.05) is 4.90 Å². The van der Waals surface area contributed by atoms with E-state index in [0.29, 0.717) is 0 Å². The van der Waals surface area contributed by atoms with Gasteiger partial charge in [-0.15, -0.1) is 0 Å². The summed E-state index contributed by atoms with van der Waals surface area (Å²) in [6.07, 6.45) is 0. The first kappa shape index (κ1) is 43.1. The molecule has 2 heteroatoms. The summed E-state index contributed by atoms with van der Waals surface area (Å²) in [7, 11) is 0. The van der Waals surface area contributed by atoms with Crippen LogP contribution in [0.25, 0.3) is 115 Å². The molecule has 1 aromatic heterocycles. The number of rotatable bonds is 7. The van der Waals surface area contributed by atoms with Crippen LogP contribution in [0.15, 0.2) is 267 Å². The molecule has 2 nitrogen and oxygen atoms in total. The van der Waals surface area contributed by atoms with Gasteiger partial charge in [-0.3, -0.25) is 0 Å². The minimum absolute atomic E-state index is 0.0452. The third-order valence-corrected chi connectivity index (χ3v) is 16.4. The number of nitrogens with zero attached hydrogens (tertiary/aromatic N) is 2. The van der Waals surface area contributed by atoms with E-state index in [2.05, 4.69) is 290 Å². The largest absolute Gasteiger partial charge is 0.310 e. The summed E-state index contributed by atoms with van der Waals surface area (Å²) in [4.78, 5) is 2.37. The number of anilines is 3. The third kappa shape index (κ3) is 6.80. The molecule has 0 amide bonds. The Hall–Kier alpha value is -9.50. The number of fused-ring (bicyclic) bond motifs is 13. The van der Waals surface area contributed by atoms with E-state index in [4.69, 9.17) is 0 Å². The van der Waals surface area contributed by atoms with E-state index < -0.39 is 0 Å². The van der Waals surface area contributed by atoms with Crippen LogP contribution in [0.3, 0.4) is 0 Å². The second-order valence-corrected chi connectivity index (χ2v) is 20.8. The van der Waals surface area contributed by atoms with Gasteiger partial charge in [0.25, 0.3) is 0 Å². The van der Waals surface area contributed by atoms with Crippen molar-refractivity contribution in [1.29, 1.82) is 0 Å². The van der Waals surface area contributed by atoms with Gasteiger partial charge in [0.15, 0.2) is 0 Å². The zero-order chi connectivity index (χ0) is 49.8. The van der Waals surface area contributed by atoms with Gasteiger partial charge in [-0.1, -0.05) is 208 Å². The summed E-state index contributed by atoms with van der Waals surface area (Å²) < 4.78 is 2.48. The lowest BCUT2D eigenvalue weighted by atomic mass is 9.81. The van der Waals surface area contributed by atoms with Crippen molar-refractivity contribution >= 4 is 82.0 Å². The van der Waals surface area contributed by atoms with Gasteiger partial charge < -0.3 is 9.47 Å². The van der Waals surface area contributed by atoms with Gasteiger partial charge in [-0.25, -0.2) is 0 Å². The van der Waals surface area contributed by atoms with E-state index in [0.717, 1.165) is 22.7 Å². The Morgan fingerprint density at radius 3 is 1.41 bits per heavy atom. The Morgan fingerprint density at radius 2 is 0.760 bits per heavy atom. The molecule has 1 aliphatic rings. The quantitative estimate of drug-likeness (QED) is 0.145. The first-order valence-electron chi connectivity index (χ1n) is 26.2. The highest BCUT2D eigenvalue weighted by Gasteiger charge is 2.35. The summed E-state index contributed by atoms with van der Waals surface area (Å²) in [5, 5.41) is 12.5. The molecule has 1 aliphatic carbocycles. The fourth-order valence-electron chi connectivity index (χ4n) is 12.6. The SMILES string of the molecule is CC1(C)c2ccccc2-c2ccc(-c3ccc(-c4ccc5c(c4)c4cc(-c6ccc(N(c7ccccc7)c7cccc8ccccc78)cc6)ccc4n5-c4ccc5c6ccccc6c6ccccc6c5c4)cc3)cc21. The molecule has 352 valence electrons. The molecule has 0 bridgehead atoms. The van der Waals surface area contributed by atoms with Crippen molar-refractivity contribution in [3.8, 4) is 50.2 Å². The summed E-state index contributed by atoms with van der Waals surface area (Å²) >= 11 is 0. The van der Waals surface area contributed by atoms with Crippen LogP contribution >= 0.6 is 0 Å². The second kappa shape index (κ2) is 16.8. The Labute approximate surface area is 436 Å². The number of hydrogen-bond donors (Lipinski definition) is 0. The molecule has 0 atom stereocenters. The lowest BCUT2D eigenvalue weighted by Gasteiger charge is -2.27. The van der Waals surface area contributed by atoms with Crippen molar-refractivity contribution in [2.45, 2.75) is 19.3 Å². The first-order valence-corrected chi connectivity index (χ1v) is 26.2. The van der Waals surface area contributed by atoms with Crippen LogP contribution in [-0.2, 0) is 5.41 Å². The van der Waals surface area contributed by atoms with Crippen LogP contribution in [0.2, 0.25) is 0 Å². The number of benzene rings is 13. The van der Waals surface area contributed by atoms with Crippen LogP contribution in [0.4, 0.5) is 17.1 Å². The Morgan fingerprint density at radius 1 is 0.293 bits per heavy atom. The summed E-state index contributed by atoms with van der Waals surface area (Å²) in [5.41, 5.74) is 19.5. The average molecular weight is 955 g/mol. The van der Waals surface area contributed by atoms with Crippen molar-refractivity contribution in [1.82, 2.24) is 4.57 Å². The highest BCUT2D eigenvalue weighted by Crippen LogP contribution is 2.50. The Balaban J connectivity index is 0.862. The van der Waals surface area contributed by atoms with E-state index in [1.807, 2.05) is 0 Å². The lowest BCUT2D eigenvalue weighted by molar-refractivity contribution is 0.660. The average Bonchev–Trinajstić information content (AvgIpc) is 3.93. The van der Waals surface area contributed by atoms with Gasteiger partial charge in [0.05, 0.1) is 16.7 Å². The van der Waals surface area contributed by atoms with E-state index in [1.165, 1.54) is 121 Å². The van der Waals surface area contributed by atoms with Gasteiger partial charge >= 0.3 is 0 Å². The van der Waals surface area contributed by atoms with Crippen LogP contribution < -0.4 is 4.90 Å². The second-order valence-electron chi connectivity index (χ2n) is 20.8. The van der Waals surface area contributed by atoms with Crippen LogP contribution in [0.1, 0.15) is 25.0 Å².